The number of hydrogen-bond donors (Lipinski definition) is 1. The third-order valence-corrected chi connectivity index (χ3v) is 9.05. The zero-order valence-electron chi connectivity index (χ0n) is 24.7. The van der Waals surface area contributed by atoms with E-state index in [-0.39, 0.29) is 30.8 Å². The number of carbonyl (C=O) groups is 2. The molecule has 3 aromatic carbocycles. The van der Waals surface area contributed by atoms with E-state index < -0.39 is 16.1 Å². The molecule has 8 heteroatoms. The Bertz CT molecular complexity index is 1410. The smallest absolute Gasteiger partial charge is 0.243 e. The van der Waals surface area contributed by atoms with E-state index in [9.17, 15) is 18.0 Å². The molecule has 224 valence electrons. The van der Waals surface area contributed by atoms with Crippen LogP contribution in [0.2, 0.25) is 0 Å². The van der Waals surface area contributed by atoms with E-state index >= 15 is 0 Å². The van der Waals surface area contributed by atoms with Gasteiger partial charge in [0, 0.05) is 32.0 Å². The molecule has 0 bridgehead atoms. The van der Waals surface area contributed by atoms with Crippen LogP contribution < -0.4 is 9.62 Å². The standard InChI is InChI=1S/C34H43N3O4S/c1-27-14-12-21-31(24-27)37(42(2,40)41)23-13-22-33(38)36(26-29-17-8-4-9-18-29)32(25-28-15-6-3-7-16-28)34(39)35-30-19-10-5-11-20-30/h3-4,6-9,12,14-18,21,24,30,32H,5,10-11,13,19-20,22-23,25-26H2,1-2H3,(H,35,39)/t32-/m1/s1. The molecule has 0 heterocycles. The van der Waals surface area contributed by atoms with Crippen molar-refractivity contribution in [1.29, 1.82) is 0 Å². The first-order valence-corrected chi connectivity index (χ1v) is 16.8. The van der Waals surface area contributed by atoms with Crippen LogP contribution in [0.15, 0.2) is 84.9 Å². The predicted octanol–water partition coefficient (Wildman–Crippen LogP) is 5.63. The number of rotatable bonds is 13. The minimum absolute atomic E-state index is 0.118. The van der Waals surface area contributed by atoms with Crippen molar-refractivity contribution < 1.29 is 18.0 Å². The van der Waals surface area contributed by atoms with Gasteiger partial charge in [-0.2, -0.15) is 0 Å². The minimum atomic E-state index is -3.54. The van der Waals surface area contributed by atoms with E-state index in [0.717, 1.165) is 42.4 Å². The molecule has 0 saturated heterocycles. The maximum Gasteiger partial charge on any atom is 0.243 e. The van der Waals surface area contributed by atoms with Gasteiger partial charge in [0.15, 0.2) is 0 Å². The van der Waals surface area contributed by atoms with Crippen molar-refractivity contribution in [2.24, 2.45) is 0 Å². The third kappa shape index (κ3) is 9.18. The van der Waals surface area contributed by atoms with Gasteiger partial charge in [-0.25, -0.2) is 8.42 Å². The Kier molecular flexibility index (Phi) is 11.2. The van der Waals surface area contributed by atoms with E-state index in [1.165, 1.54) is 17.0 Å². The van der Waals surface area contributed by atoms with Gasteiger partial charge in [-0.15, -0.1) is 0 Å². The molecular formula is C34H43N3O4S. The summed E-state index contributed by atoms with van der Waals surface area (Å²) < 4.78 is 26.7. The van der Waals surface area contributed by atoms with Crippen molar-refractivity contribution in [2.75, 3.05) is 17.1 Å². The highest BCUT2D eigenvalue weighted by molar-refractivity contribution is 7.92. The van der Waals surface area contributed by atoms with Crippen LogP contribution in [-0.4, -0.2) is 50.0 Å². The number of nitrogens with zero attached hydrogens (tertiary/aromatic N) is 2. The fourth-order valence-electron chi connectivity index (χ4n) is 5.67. The quantitative estimate of drug-likeness (QED) is 0.280. The second kappa shape index (κ2) is 15.0. The SMILES string of the molecule is Cc1cccc(N(CCCC(=O)N(Cc2ccccc2)[C@H](Cc2ccccc2)C(=O)NC2CCCCC2)S(C)(=O)=O)c1. The van der Waals surface area contributed by atoms with Gasteiger partial charge >= 0.3 is 0 Å². The van der Waals surface area contributed by atoms with Gasteiger partial charge < -0.3 is 10.2 Å². The van der Waals surface area contributed by atoms with E-state index in [2.05, 4.69) is 5.32 Å². The van der Waals surface area contributed by atoms with Gasteiger partial charge in [-0.05, 0) is 55.0 Å². The zero-order valence-corrected chi connectivity index (χ0v) is 25.6. The van der Waals surface area contributed by atoms with Crippen LogP contribution in [-0.2, 0) is 32.6 Å². The largest absolute Gasteiger partial charge is 0.352 e. The topological polar surface area (TPSA) is 86.8 Å². The molecule has 3 aromatic rings. The minimum Gasteiger partial charge on any atom is -0.352 e. The van der Waals surface area contributed by atoms with Gasteiger partial charge in [0.2, 0.25) is 21.8 Å². The maximum atomic E-state index is 14.0. The molecule has 1 saturated carbocycles. The molecule has 2 amide bonds. The Morgan fingerprint density at radius 2 is 1.52 bits per heavy atom. The molecule has 1 aliphatic rings. The summed E-state index contributed by atoms with van der Waals surface area (Å²) >= 11 is 0. The second-order valence-electron chi connectivity index (χ2n) is 11.3. The first-order valence-electron chi connectivity index (χ1n) is 14.9. The molecule has 1 N–H and O–H groups in total. The van der Waals surface area contributed by atoms with Crippen LogP contribution in [0.4, 0.5) is 5.69 Å². The molecule has 1 atom stereocenters. The number of aryl methyl sites for hydroxylation is 1. The number of carbonyl (C=O) groups excluding carboxylic acids is 2. The Balaban J connectivity index is 1.57. The van der Waals surface area contributed by atoms with Gasteiger partial charge in [-0.1, -0.05) is 92.1 Å². The lowest BCUT2D eigenvalue weighted by atomic mass is 9.94. The van der Waals surface area contributed by atoms with Crippen LogP contribution in [0.5, 0.6) is 0 Å². The highest BCUT2D eigenvalue weighted by atomic mass is 32.2. The zero-order chi connectivity index (χ0) is 30.0. The Morgan fingerprint density at radius 1 is 0.881 bits per heavy atom. The second-order valence-corrected chi connectivity index (χ2v) is 13.2. The molecule has 1 fully saturated rings. The molecule has 1 aliphatic carbocycles. The number of sulfonamides is 1. The molecule has 0 aliphatic heterocycles. The highest BCUT2D eigenvalue weighted by Gasteiger charge is 2.32. The van der Waals surface area contributed by atoms with Gasteiger partial charge in [-0.3, -0.25) is 13.9 Å². The predicted molar refractivity (Wildman–Crippen MR) is 169 cm³/mol. The Labute approximate surface area is 251 Å². The summed E-state index contributed by atoms with van der Waals surface area (Å²) in [5, 5.41) is 3.26. The number of hydrogen-bond acceptors (Lipinski definition) is 4. The first kappa shape index (κ1) is 31.3. The number of amides is 2. The van der Waals surface area contributed by atoms with Gasteiger partial charge in [0.05, 0.1) is 11.9 Å². The molecule has 0 radical (unpaired) electrons. The van der Waals surface area contributed by atoms with Crippen molar-refractivity contribution in [1.82, 2.24) is 10.2 Å². The van der Waals surface area contributed by atoms with Crippen molar-refractivity contribution >= 4 is 27.5 Å². The summed E-state index contributed by atoms with van der Waals surface area (Å²) in [5.74, 6) is -0.302. The summed E-state index contributed by atoms with van der Waals surface area (Å²) in [4.78, 5) is 29.6. The van der Waals surface area contributed by atoms with Crippen LogP contribution in [0.3, 0.4) is 0 Å². The lowest BCUT2D eigenvalue weighted by molar-refractivity contribution is -0.141. The summed E-state index contributed by atoms with van der Waals surface area (Å²) in [7, 11) is -3.54. The normalized spacial score (nSPS) is 14.6. The fraction of sp³-hybridized carbons (Fsp3) is 0.412. The number of anilines is 1. The van der Waals surface area contributed by atoms with E-state index in [4.69, 9.17) is 0 Å². The van der Waals surface area contributed by atoms with Crippen molar-refractivity contribution in [3.8, 4) is 0 Å². The van der Waals surface area contributed by atoms with Gasteiger partial charge in [0.1, 0.15) is 6.04 Å². The molecule has 4 rings (SSSR count). The van der Waals surface area contributed by atoms with Crippen LogP contribution in [0, 0.1) is 6.92 Å². The molecule has 0 unspecified atom stereocenters. The van der Waals surface area contributed by atoms with E-state index in [1.807, 2.05) is 85.8 Å². The third-order valence-electron chi connectivity index (χ3n) is 7.86. The lowest BCUT2D eigenvalue weighted by Crippen LogP contribution is -2.52. The summed E-state index contributed by atoms with van der Waals surface area (Å²) in [6.45, 7) is 2.38. The number of nitrogens with one attached hydrogen (secondary N) is 1. The molecule has 0 spiro atoms. The van der Waals surface area contributed by atoms with Gasteiger partial charge in [0.25, 0.3) is 0 Å². The monoisotopic (exact) mass is 589 g/mol. The lowest BCUT2D eigenvalue weighted by Gasteiger charge is -2.34. The molecule has 7 nitrogen and oxygen atoms in total. The van der Waals surface area contributed by atoms with E-state index in [1.54, 1.807) is 11.0 Å². The fourth-order valence-corrected chi connectivity index (χ4v) is 6.62. The van der Waals surface area contributed by atoms with Crippen molar-refractivity contribution in [2.45, 2.75) is 76.9 Å². The summed E-state index contributed by atoms with van der Waals surface area (Å²) in [6.07, 6.45) is 7.32. The molecule has 42 heavy (non-hydrogen) atoms. The van der Waals surface area contributed by atoms with Crippen molar-refractivity contribution in [3.05, 3.63) is 102 Å². The summed E-state index contributed by atoms with van der Waals surface area (Å²) in [6, 6.07) is 26.3. The van der Waals surface area contributed by atoms with Crippen LogP contribution in [0.25, 0.3) is 0 Å². The maximum absolute atomic E-state index is 14.0. The van der Waals surface area contributed by atoms with Crippen LogP contribution >= 0.6 is 0 Å². The Hall–Kier alpha value is -3.65. The molecular weight excluding hydrogens is 546 g/mol. The summed E-state index contributed by atoms with van der Waals surface area (Å²) in [5.41, 5.74) is 3.46. The first-order chi connectivity index (χ1) is 20.2. The van der Waals surface area contributed by atoms with Crippen LogP contribution in [0.1, 0.15) is 61.6 Å². The number of benzene rings is 3. The highest BCUT2D eigenvalue weighted by Crippen LogP contribution is 2.22. The van der Waals surface area contributed by atoms with E-state index in [0.29, 0.717) is 25.1 Å². The Morgan fingerprint density at radius 3 is 2.14 bits per heavy atom. The van der Waals surface area contributed by atoms with Crippen molar-refractivity contribution in [3.63, 3.8) is 0 Å². The average Bonchev–Trinajstić information content (AvgIpc) is 2.98. The average molecular weight is 590 g/mol. The molecule has 0 aromatic heterocycles.